The van der Waals surface area contributed by atoms with Crippen molar-refractivity contribution in [3.05, 3.63) is 47.9 Å². The van der Waals surface area contributed by atoms with E-state index < -0.39 is 10.1 Å². The highest BCUT2D eigenvalue weighted by Crippen LogP contribution is 2.18. The molecule has 0 aliphatic heterocycles. The Kier molecular flexibility index (Phi) is 5.45. The van der Waals surface area contributed by atoms with E-state index in [4.69, 9.17) is 16.2 Å². The number of halogens is 1. The van der Waals surface area contributed by atoms with Gasteiger partial charge in [0.25, 0.3) is 10.1 Å². The van der Waals surface area contributed by atoms with Crippen molar-refractivity contribution in [2.24, 2.45) is 0 Å². The van der Waals surface area contributed by atoms with Crippen LogP contribution in [0.3, 0.4) is 0 Å². The summed E-state index contributed by atoms with van der Waals surface area (Å²) < 4.78 is 31.7. The smallest absolute Gasteiger partial charge is 0.265 e. The Balaban J connectivity index is 1.68. The molecule has 134 valence electrons. The van der Waals surface area contributed by atoms with Crippen molar-refractivity contribution in [3.63, 3.8) is 0 Å². The van der Waals surface area contributed by atoms with Crippen LogP contribution < -0.4 is 4.68 Å². The van der Waals surface area contributed by atoms with Gasteiger partial charge < -0.3 is 0 Å². The molecule has 3 aromatic rings. The summed E-state index contributed by atoms with van der Waals surface area (Å²) >= 11 is 5.71. The standard InChI is InChI=1S/C15H13ClN6O3S/c16-15-5-4-14(20-21-15)13-3-2-12(18-19-13)11-6-8-22(17-10-11)7-1-9-26(23,24)25/h2-6,8,10H,1,7,9H2/p+1. The first-order valence-corrected chi connectivity index (χ1v) is 9.54. The zero-order valence-corrected chi connectivity index (χ0v) is 15.0. The Labute approximate surface area is 154 Å². The minimum atomic E-state index is -3.95. The third-order valence-corrected chi connectivity index (χ3v) is 4.42. The lowest BCUT2D eigenvalue weighted by Gasteiger charge is -2.01. The minimum Gasteiger partial charge on any atom is -0.286 e. The number of aryl methyl sites for hydroxylation is 1. The second-order valence-electron chi connectivity index (χ2n) is 5.36. The fourth-order valence-corrected chi connectivity index (χ4v) is 2.75. The molecule has 3 rings (SSSR count). The van der Waals surface area contributed by atoms with E-state index in [1.807, 2.05) is 0 Å². The van der Waals surface area contributed by atoms with Crippen LogP contribution in [0.2, 0.25) is 5.15 Å². The summed E-state index contributed by atoms with van der Waals surface area (Å²) in [4.78, 5) is 0. The number of nitrogens with zero attached hydrogens (tertiary/aromatic N) is 6. The molecule has 11 heteroatoms. The fraction of sp³-hybridized carbons (Fsp3) is 0.200. The highest BCUT2D eigenvalue weighted by atomic mass is 35.5. The molecule has 0 atom stereocenters. The quantitative estimate of drug-likeness (QED) is 0.489. The zero-order chi connectivity index (χ0) is 18.6. The lowest BCUT2D eigenvalue weighted by atomic mass is 10.2. The highest BCUT2D eigenvalue weighted by Gasteiger charge is 2.10. The largest absolute Gasteiger partial charge is 0.286 e. The van der Waals surface area contributed by atoms with E-state index in [9.17, 15) is 8.42 Å². The van der Waals surface area contributed by atoms with E-state index in [2.05, 4.69) is 25.5 Å². The minimum absolute atomic E-state index is 0.270. The molecule has 0 saturated heterocycles. The molecule has 0 unspecified atom stereocenters. The number of hydrogen-bond acceptors (Lipinski definition) is 7. The highest BCUT2D eigenvalue weighted by molar-refractivity contribution is 7.85. The van der Waals surface area contributed by atoms with Crippen molar-refractivity contribution in [2.45, 2.75) is 13.0 Å². The van der Waals surface area contributed by atoms with Crippen LogP contribution in [0.4, 0.5) is 0 Å². The molecule has 1 N–H and O–H groups in total. The fourth-order valence-electron chi connectivity index (χ4n) is 2.15. The molecule has 0 bridgehead atoms. The topological polar surface area (TPSA) is 123 Å². The molecule has 26 heavy (non-hydrogen) atoms. The monoisotopic (exact) mass is 393 g/mol. The van der Waals surface area contributed by atoms with Gasteiger partial charge in [0, 0.05) is 18.1 Å². The summed E-state index contributed by atoms with van der Waals surface area (Å²) in [5.41, 5.74) is 2.53. The zero-order valence-electron chi connectivity index (χ0n) is 13.4. The van der Waals surface area contributed by atoms with E-state index in [0.29, 0.717) is 28.8 Å². The number of hydrogen-bond donors (Lipinski definition) is 1. The first kappa shape index (κ1) is 18.2. The molecular weight excluding hydrogens is 380 g/mol. The van der Waals surface area contributed by atoms with Crippen LogP contribution >= 0.6 is 11.6 Å². The first-order chi connectivity index (χ1) is 12.4. The van der Waals surface area contributed by atoms with E-state index in [0.717, 1.165) is 5.56 Å². The molecule has 0 saturated carbocycles. The lowest BCUT2D eigenvalue weighted by Crippen LogP contribution is -2.38. The van der Waals surface area contributed by atoms with Crippen LogP contribution in [0.1, 0.15) is 6.42 Å². The molecule has 0 aromatic carbocycles. The molecule has 9 nitrogen and oxygen atoms in total. The third kappa shape index (κ3) is 4.97. The van der Waals surface area contributed by atoms with Crippen LogP contribution in [0.15, 0.2) is 42.7 Å². The van der Waals surface area contributed by atoms with Crippen molar-refractivity contribution < 1.29 is 17.7 Å². The average molecular weight is 394 g/mol. The normalized spacial score (nSPS) is 11.5. The summed E-state index contributed by atoms with van der Waals surface area (Å²) in [6.07, 6.45) is 3.59. The van der Waals surface area contributed by atoms with Crippen molar-refractivity contribution in [3.8, 4) is 22.6 Å². The molecule has 3 aromatic heterocycles. The van der Waals surface area contributed by atoms with Crippen molar-refractivity contribution >= 4 is 21.7 Å². The average Bonchev–Trinajstić information content (AvgIpc) is 2.62. The molecule has 0 spiro atoms. The summed E-state index contributed by atoms with van der Waals surface area (Å²) in [7, 11) is -3.95. The summed E-state index contributed by atoms with van der Waals surface area (Å²) in [6, 6.07) is 8.69. The maximum atomic E-state index is 10.7. The Hall–Kier alpha value is -2.56. The van der Waals surface area contributed by atoms with Gasteiger partial charge in [0.2, 0.25) is 0 Å². The van der Waals surface area contributed by atoms with Gasteiger partial charge >= 0.3 is 0 Å². The van der Waals surface area contributed by atoms with Gasteiger partial charge in [-0.25, -0.2) is 0 Å². The molecule has 0 aliphatic rings. The van der Waals surface area contributed by atoms with Gasteiger partial charge in [-0.1, -0.05) is 16.3 Å². The van der Waals surface area contributed by atoms with E-state index in [1.165, 1.54) is 0 Å². The predicted octanol–water partition coefficient (Wildman–Crippen LogP) is 1.21. The maximum absolute atomic E-state index is 10.7. The molecule has 0 aliphatic carbocycles. The van der Waals surface area contributed by atoms with Crippen molar-refractivity contribution in [1.29, 1.82) is 0 Å². The van der Waals surface area contributed by atoms with Gasteiger partial charge in [-0.3, -0.25) is 4.55 Å². The van der Waals surface area contributed by atoms with Crippen LogP contribution in [-0.4, -0.2) is 44.2 Å². The second-order valence-corrected chi connectivity index (χ2v) is 7.32. The van der Waals surface area contributed by atoms with Crippen molar-refractivity contribution in [1.82, 2.24) is 25.5 Å². The van der Waals surface area contributed by atoms with Crippen LogP contribution in [-0.2, 0) is 16.7 Å². The Morgan fingerprint density at radius 1 is 0.962 bits per heavy atom. The lowest BCUT2D eigenvalue weighted by molar-refractivity contribution is -0.753. The van der Waals surface area contributed by atoms with Crippen molar-refractivity contribution in [2.75, 3.05) is 5.75 Å². The van der Waals surface area contributed by atoms with Gasteiger partial charge in [-0.2, -0.15) is 8.42 Å². The third-order valence-electron chi connectivity index (χ3n) is 3.42. The Morgan fingerprint density at radius 2 is 1.62 bits per heavy atom. The molecular formula is C15H14ClN6O3S+. The maximum Gasteiger partial charge on any atom is 0.265 e. The Morgan fingerprint density at radius 3 is 2.15 bits per heavy atom. The Bertz CT molecular complexity index is 979. The first-order valence-electron chi connectivity index (χ1n) is 7.55. The van der Waals surface area contributed by atoms with Gasteiger partial charge in [0.15, 0.2) is 17.9 Å². The SMILES string of the molecule is O=S(=O)(O)CCC[n+]1ccc(-c2ccc(-c3ccc(Cl)nn3)nn2)cn1. The van der Waals surface area contributed by atoms with Gasteiger partial charge in [-0.15, -0.1) is 20.4 Å². The number of rotatable bonds is 6. The summed E-state index contributed by atoms with van der Waals surface area (Å²) in [5, 5.41) is 20.5. The van der Waals surface area contributed by atoms with E-state index >= 15 is 0 Å². The van der Waals surface area contributed by atoms with E-state index in [-0.39, 0.29) is 12.2 Å². The van der Waals surface area contributed by atoms with Crippen LogP contribution in [0, 0.1) is 0 Å². The van der Waals surface area contributed by atoms with Gasteiger partial charge in [-0.05, 0) is 29.4 Å². The summed E-state index contributed by atoms with van der Waals surface area (Å²) in [6.45, 7) is 0.375. The van der Waals surface area contributed by atoms with Crippen LogP contribution in [0.25, 0.3) is 22.6 Å². The molecule has 0 amide bonds. The molecule has 0 radical (unpaired) electrons. The van der Waals surface area contributed by atoms with Gasteiger partial charge in [0.1, 0.15) is 17.6 Å². The molecule has 3 heterocycles. The van der Waals surface area contributed by atoms with Crippen LogP contribution in [0.5, 0.6) is 0 Å². The van der Waals surface area contributed by atoms with E-state index in [1.54, 1.807) is 47.4 Å². The predicted molar refractivity (Wildman–Crippen MR) is 92.5 cm³/mol. The second kappa shape index (κ2) is 7.77. The summed E-state index contributed by atoms with van der Waals surface area (Å²) in [5.74, 6) is -0.302. The number of aromatic nitrogens is 6. The molecule has 0 fully saturated rings. The van der Waals surface area contributed by atoms with Gasteiger partial charge in [0.05, 0.1) is 11.4 Å².